The van der Waals surface area contributed by atoms with Crippen molar-refractivity contribution < 1.29 is 19.8 Å². The van der Waals surface area contributed by atoms with Gasteiger partial charge < -0.3 is 20.1 Å². The van der Waals surface area contributed by atoms with E-state index in [1.165, 1.54) is 16.9 Å². The largest absolute Gasteiger partial charge is 0.478 e. The second-order valence-corrected chi connectivity index (χ2v) is 8.05. The molecule has 1 aromatic heterocycles. The fraction of sp³-hybridized carbons (Fsp3) is 0.208. The van der Waals surface area contributed by atoms with Crippen molar-refractivity contribution in [2.24, 2.45) is 0 Å². The SMILES string of the molecule is CN(CCc1ccccc1)CCc1sc(=O)[nH]c1-c1ccccc1.O=C(O)/C=C\C(=O)O. The van der Waals surface area contributed by atoms with Crippen LogP contribution in [0.1, 0.15) is 10.4 Å². The molecule has 0 aliphatic heterocycles. The first-order chi connectivity index (χ1) is 15.3. The summed E-state index contributed by atoms with van der Waals surface area (Å²) in [5, 5.41) is 15.6. The van der Waals surface area contributed by atoms with Crippen LogP contribution in [0.3, 0.4) is 0 Å². The molecule has 0 aliphatic carbocycles. The summed E-state index contributed by atoms with van der Waals surface area (Å²) >= 11 is 1.33. The van der Waals surface area contributed by atoms with Gasteiger partial charge in [0.15, 0.2) is 0 Å². The molecule has 3 N–H and O–H groups in total. The minimum absolute atomic E-state index is 0.0239. The molecule has 1 heterocycles. The Hall–Kier alpha value is -3.49. The summed E-state index contributed by atoms with van der Waals surface area (Å²) < 4.78 is 0. The molecule has 0 aliphatic rings. The lowest BCUT2D eigenvalue weighted by atomic mass is 10.1. The summed E-state index contributed by atoms with van der Waals surface area (Å²) in [4.78, 5) is 37.4. The number of carboxylic acid groups (broad SMARTS) is 2. The van der Waals surface area contributed by atoms with Gasteiger partial charge in [-0.1, -0.05) is 72.0 Å². The van der Waals surface area contributed by atoms with Crippen molar-refractivity contribution in [3.05, 3.63) is 92.9 Å². The lowest BCUT2D eigenvalue weighted by Gasteiger charge is -2.16. The van der Waals surface area contributed by atoms with Crippen LogP contribution >= 0.6 is 11.3 Å². The standard InChI is InChI=1S/C20H22N2OS.C4H4O4/c1-22(14-12-16-8-4-2-5-9-16)15-13-18-19(21-20(23)24-18)17-10-6-3-7-11-17;5-3(6)1-2-4(7)8/h2-11H,12-15H2,1H3,(H,21,23);1-2H,(H,5,6)(H,7,8)/b;2-1-. The van der Waals surface area contributed by atoms with Crippen molar-refractivity contribution in [3.8, 4) is 11.3 Å². The number of hydrogen-bond donors (Lipinski definition) is 3. The van der Waals surface area contributed by atoms with E-state index in [0.717, 1.165) is 42.1 Å². The van der Waals surface area contributed by atoms with Gasteiger partial charge in [0.05, 0.1) is 5.69 Å². The molecule has 2 aromatic carbocycles. The summed E-state index contributed by atoms with van der Waals surface area (Å²) in [6, 6.07) is 20.6. The Kier molecular flexibility index (Phi) is 10.1. The predicted octanol–water partition coefficient (Wildman–Crippen LogP) is 3.53. The van der Waals surface area contributed by atoms with Gasteiger partial charge in [-0.2, -0.15) is 0 Å². The molecule has 3 aromatic rings. The molecular weight excluding hydrogens is 428 g/mol. The van der Waals surface area contributed by atoms with Gasteiger partial charge in [0.2, 0.25) is 0 Å². The van der Waals surface area contributed by atoms with Crippen molar-refractivity contribution >= 4 is 23.3 Å². The van der Waals surface area contributed by atoms with E-state index in [1.54, 1.807) is 0 Å². The molecule has 168 valence electrons. The zero-order valence-electron chi connectivity index (χ0n) is 17.7. The van der Waals surface area contributed by atoms with E-state index in [-0.39, 0.29) is 4.87 Å². The van der Waals surface area contributed by atoms with Gasteiger partial charge in [-0.15, -0.1) is 0 Å². The molecule has 0 atom stereocenters. The number of carboxylic acids is 2. The zero-order chi connectivity index (χ0) is 23.3. The first kappa shape index (κ1) is 24.8. The van der Waals surface area contributed by atoms with Gasteiger partial charge in [-0.05, 0) is 31.0 Å². The van der Waals surface area contributed by atoms with Crippen LogP contribution in [-0.2, 0) is 22.4 Å². The maximum Gasteiger partial charge on any atom is 0.328 e. The summed E-state index contributed by atoms with van der Waals surface area (Å²) in [6.07, 6.45) is 3.05. The van der Waals surface area contributed by atoms with Crippen molar-refractivity contribution in [2.45, 2.75) is 12.8 Å². The molecule has 7 nitrogen and oxygen atoms in total. The van der Waals surface area contributed by atoms with Gasteiger partial charge in [-0.25, -0.2) is 9.59 Å². The molecule has 0 unspecified atom stereocenters. The second-order valence-electron chi connectivity index (χ2n) is 6.98. The van der Waals surface area contributed by atoms with Crippen molar-refractivity contribution in [2.75, 3.05) is 20.1 Å². The number of aromatic amines is 1. The first-order valence-electron chi connectivity index (χ1n) is 9.99. The molecule has 0 bridgehead atoms. The number of thiazole rings is 1. The van der Waals surface area contributed by atoms with Crippen molar-refractivity contribution in [3.63, 3.8) is 0 Å². The number of hydrogen-bond acceptors (Lipinski definition) is 5. The highest BCUT2D eigenvalue weighted by molar-refractivity contribution is 7.09. The zero-order valence-corrected chi connectivity index (χ0v) is 18.5. The number of aromatic nitrogens is 1. The van der Waals surface area contributed by atoms with Gasteiger partial charge in [-0.3, -0.25) is 4.79 Å². The van der Waals surface area contributed by atoms with E-state index in [9.17, 15) is 14.4 Å². The molecule has 0 amide bonds. The topological polar surface area (TPSA) is 111 Å². The van der Waals surface area contributed by atoms with E-state index in [1.807, 2.05) is 36.4 Å². The van der Waals surface area contributed by atoms with Crippen LogP contribution in [0.25, 0.3) is 11.3 Å². The molecule has 0 saturated heterocycles. The van der Waals surface area contributed by atoms with Crippen LogP contribution in [0.2, 0.25) is 0 Å². The fourth-order valence-electron chi connectivity index (χ4n) is 2.89. The number of nitrogens with zero attached hydrogens (tertiary/aromatic N) is 1. The van der Waals surface area contributed by atoms with Crippen LogP contribution in [0, 0.1) is 0 Å². The fourth-order valence-corrected chi connectivity index (χ4v) is 3.73. The summed E-state index contributed by atoms with van der Waals surface area (Å²) in [7, 11) is 2.14. The number of aliphatic carboxylic acids is 2. The minimum Gasteiger partial charge on any atom is -0.478 e. The van der Waals surface area contributed by atoms with Crippen LogP contribution < -0.4 is 4.87 Å². The monoisotopic (exact) mass is 454 g/mol. The Bertz CT molecular complexity index is 1060. The van der Waals surface area contributed by atoms with Gasteiger partial charge in [0.1, 0.15) is 0 Å². The van der Waals surface area contributed by atoms with Crippen molar-refractivity contribution in [1.82, 2.24) is 9.88 Å². The third kappa shape index (κ3) is 9.11. The maximum atomic E-state index is 11.8. The molecule has 32 heavy (non-hydrogen) atoms. The molecule has 0 spiro atoms. The third-order valence-electron chi connectivity index (χ3n) is 4.50. The lowest BCUT2D eigenvalue weighted by molar-refractivity contribution is -0.134. The van der Waals surface area contributed by atoms with Crippen molar-refractivity contribution in [1.29, 1.82) is 0 Å². The van der Waals surface area contributed by atoms with Gasteiger partial charge in [0, 0.05) is 30.1 Å². The van der Waals surface area contributed by atoms with Crippen LogP contribution in [0.15, 0.2) is 77.6 Å². The Labute approximate surface area is 190 Å². The van der Waals surface area contributed by atoms with E-state index < -0.39 is 11.9 Å². The summed E-state index contributed by atoms with van der Waals surface area (Å²) in [5.41, 5.74) is 3.42. The number of benzene rings is 2. The van der Waals surface area contributed by atoms with Gasteiger partial charge in [0.25, 0.3) is 0 Å². The Balaban J connectivity index is 0.000000390. The number of carbonyl (C=O) groups is 2. The second kappa shape index (κ2) is 13.0. The first-order valence-corrected chi connectivity index (χ1v) is 10.8. The van der Waals surface area contributed by atoms with Crippen LogP contribution in [0.5, 0.6) is 0 Å². The molecule has 0 saturated carbocycles. The number of nitrogens with one attached hydrogen (secondary N) is 1. The maximum absolute atomic E-state index is 11.8. The Morgan fingerprint density at radius 1 is 0.906 bits per heavy atom. The van der Waals surface area contributed by atoms with Gasteiger partial charge >= 0.3 is 16.8 Å². The lowest BCUT2D eigenvalue weighted by Crippen LogP contribution is -2.23. The molecule has 0 radical (unpaired) electrons. The van der Waals surface area contributed by atoms with Crippen LogP contribution in [0.4, 0.5) is 0 Å². The Morgan fingerprint density at radius 3 is 2.00 bits per heavy atom. The number of H-pyrrole nitrogens is 1. The summed E-state index contributed by atoms with van der Waals surface area (Å²) in [5.74, 6) is -2.51. The Morgan fingerprint density at radius 2 is 1.44 bits per heavy atom. The highest BCUT2D eigenvalue weighted by Gasteiger charge is 2.11. The third-order valence-corrected chi connectivity index (χ3v) is 5.44. The number of likely N-dealkylation sites (N-methyl/N-ethyl adjacent to an activating group) is 1. The van der Waals surface area contributed by atoms with Crippen LogP contribution in [-0.4, -0.2) is 52.2 Å². The number of rotatable bonds is 9. The molecule has 8 heteroatoms. The highest BCUT2D eigenvalue weighted by Crippen LogP contribution is 2.23. The van der Waals surface area contributed by atoms with E-state index in [0.29, 0.717) is 12.2 Å². The minimum atomic E-state index is -1.26. The average Bonchev–Trinajstić information content (AvgIpc) is 3.17. The molecular formula is C24H26N2O5S. The van der Waals surface area contributed by atoms with E-state index >= 15 is 0 Å². The highest BCUT2D eigenvalue weighted by atomic mass is 32.1. The molecule has 0 fully saturated rings. The summed E-state index contributed by atoms with van der Waals surface area (Å²) in [6.45, 7) is 1.96. The quantitative estimate of drug-likeness (QED) is 0.427. The van der Waals surface area contributed by atoms with E-state index in [4.69, 9.17) is 10.2 Å². The molecule has 3 rings (SSSR count). The smallest absolute Gasteiger partial charge is 0.328 e. The normalized spacial score (nSPS) is 10.7. The average molecular weight is 455 g/mol. The van der Waals surface area contributed by atoms with E-state index in [2.05, 4.69) is 41.2 Å². The predicted molar refractivity (Wildman–Crippen MR) is 126 cm³/mol.